The Balaban J connectivity index is 1.50. The van der Waals surface area contributed by atoms with Gasteiger partial charge in [-0.2, -0.15) is 0 Å². The van der Waals surface area contributed by atoms with Gasteiger partial charge in [-0.25, -0.2) is 9.97 Å². The number of nitrogens with one attached hydrogen (secondary N) is 1. The van der Waals surface area contributed by atoms with Gasteiger partial charge in [-0.1, -0.05) is 30.3 Å². The average Bonchev–Trinajstić information content (AvgIpc) is 3.03. The van der Waals surface area contributed by atoms with E-state index in [9.17, 15) is 0 Å². The second kappa shape index (κ2) is 7.33. The van der Waals surface area contributed by atoms with E-state index in [2.05, 4.69) is 32.3 Å². The maximum Gasteiger partial charge on any atom is 0.222 e. The lowest BCUT2D eigenvalue weighted by Crippen LogP contribution is -2.23. The first-order valence-electron chi connectivity index (χ1n) is 7.84. The molecule has 0 amide bonds. The molecule has 3 rings (SSSR count). The van der Waals surface area contributed by atoms with E-state index in [1.54, 1.807) is 0 Å². The number of rotatable bonds is 6. The van der Waals surface area contributed by atoms with E-state index in [1.807, 2.05) is 30.6 Å². The zero-order valence-electron chi connectivity index (χ0n) is 12.8. The molecule has 0 radical (unpaired) electrons. The molecule has 1 saturated heterocycles. The Morgan fingerprint density at radius 2 is 1.91 bits per heavy atom. The molecular weight excluding hydrogens is 274 g/mol. The summed E-state index contributed by atoms with van der Waals surface area (Å²) in [5.74, 6) is 1.32. The second-order valence-corrected chi connectivity index (χ2v) is 5.88. The van der Waals surface area contributed by atoms with E-state index in [0.29, 0.717) is 11.9 Å². The highest BCUT2D eigenvalue weighted by atomic mass is 15.2. The molecule has 22 heavy (non-hydrogen) atoms. The Bertz CT molecular complexity index is 569. The second-order valence-electron chi connectivity index (χ2n) is 5.88. The van der Waals surface area contributed by atoms with Crippen LogP contribution in [0, 0.1) is 5.92 Å². The Kier molecular flexibility index (Phi) is 4.98. The van der Waals surface area contributed by atoms with Gasteiger partial charge >= 0.3 is 0 Å². The minimum Gasteiger partial charge on any atom is -0.350 e. The average molecular weight is 297 g/mol. The molecule has 2 aromatic rings. The number of nitrogens with two attached hydrogens (primary N) is 1. The minimum atomic E-state index is 0.646. The number of benzene rings is 1. The first-order chi connectivity index (χ1) is 10.8. The van der Waals surface area contributed by atoms with Gasteiger partial charge in [0, 0.05) is 37.6 Å². The Morgan fingerprint density at radius 1 is 1.14 bits per heavy atom. The summed E-state index contributed by atoms with van der Waals surface area (Å²) in [4.78, 5) is 11.2. The normalized spacial score (nSPS) is 18.5. The summed E-state index contributed by atoms with van der Waals surface area (Å²) in [6.45, 7) is 4.65. The van der Waals surface area contributed by atoms with Crippen LogP contribution in [0.4, 0.5) is 5.95 Å². The van der Waals surface area contributed by atoms with E-state index in [-0.39, 0.29) is 0 Å². The van der Waals surface area contributed by atoms with Crippen molar-refractivity contribution < 1.29 is 0 Å². The molecule has 1 aromatic heterocycles. The lowest BCUT2D eigenvalue weighted by molar-refractivity contribution is 0.317. The molecule has 0 aliphatic carbocycles. The van der Waals surface area contributed by atoms with Gasteiger partial charge < -0.3 is 11.1 Å². The molecule has 5 nitrogen and oxygen atoms in total. The van der Waals surface area contributed by atoms with Gasteiger partial charge in [0.15, 0.2) is 0 Å². The number of hydrogen-bond acceptors (Lipinski definition) is 5. The van der Waals surface area contributed by atoms with E-state index < -0.39 is 0 Å². The van der Waals surface area contributed by atoms with Crippen LogP contribution in [0.15, 0.2) is 42.7 Å². The van der Waals surface area contributed by atoms with Gasteiger partial charge in [0.1, 0.15) is 0 Å². The van der Waals surface area contributed by atoms with E-state index in [0.717, 1.165) is 38.3 Å². The van der Waals surface area contributed by atoms with Crippen LogP contribution in [-0.4, -0.2) is 34.5 Å². The molecule has 1 aliphatic heterocycles. The molecule has 5 heteroatoms. The molecule has 1 fully saturated rings. The fourth-order valence-corrected chi connectivity index (χ4v) is 2.81. The van der Waals surface area contributed by atoms with Gasteiger partial charge in [0.2, 0.25) is 5.95 Å². The van der Waals surface area contributed by atoms with Crippen LogP contribution in [0.25, 0.3) is 0 Å². The molecule has 1 atom stereocenters. The lowest BCUT2D eigenvalue weighted by Gasteiger charge is -2.15. The van der Waals surface area contributed by atoms with Crippen molar-refractivity contribution >= 4 is 5.95 Å². The molecule has 0 bridgehead atoms. The standard InChI is InChI=1S/C17H23N5/c18-8-15-6-7-22(12-15)13-16-10-20-17(21-11-16)19-9-14-4-2-1-3-5-14/h1-5,10-11,15H,6-9,12-13,18H2,(H,19,20,21)/t15-/m1/s1. The first-order valence-corrected chi connectivity index (χ1v) is 7.84. The Labute approximate surface area is 131 Å². The monoisotopic (exact) mass is 297 g/mol. The van der Waals surface area contributed by atoms with Crippen molar-refractivity contribution in [2.24, 2.45) is 11.7 Å². The predicted molar refractivity (Wildman–Crippen MR) is 88.2 cm³/mol. The lowest BCUT2D eigenvalue weighted by atomic mass is 10.1. The molecule has 1 aliphatic rings. The topological polar surface area (TPSA) is 67.1 Å². The third kappa shape index (κ3) is 4.02. The third-order valence-corrected chi connectivity index (χ3v) is 4.11. The van der Waals surface area contributed by atoms with Gasteiger partial charge in [-0.3, -0.25) is 4.90 Å². The summed E-state index contributed by atoms with van der Waals surface area (Å²) < 4.78 is 0. The molecule has 116 valence electrons. The van der Waals surface area contributed by atoms with Crippen molar-refractivity contribution in [1.82, 2.24) is 14.9 Å². The third-order valence-electron chi connectivity index (χ3n) is 4.11. The van der Waals surface area contributed by atoms with E-state index in [4.69, 9.17) is 5.73 Å². The maximum absolute atomic E-state index is 5.73. The number of likely N-dealkylation sites (tertiary alicyclic amines) is 1. The van der Waals surface area contributed by atoms with E-state index in [1.165, 1.54) is 12.0 Å². The molecule has 1 aromatic carbocycles. The molecule has 2 heterocycles. The predicted octanol–water partition coefficient (Wildman–Crippen LogP) is 1.87. The fourth-order valence-electron chi connectivity index (χ4n) is 2.81. The van der Waals surface area contributed by atoms with Crippen molar-refractivity contribution in [3.8, 4) is 0 Å². The molecule has 3 N–H and O–H groups in total. The Morgan fingerprint density at radius 3 is 2.59 bits per heavy atom. The summed E-state index contributed by atoms with van der Waals surface area (Å²) in [5, 5.41) is 3.25. The summed E-state index contributed by atoms with van der Waals surface area (Å²) in [6, 6.07) is 10.3. The molecule has 0 unspecified atom stereocenters. The zero-order chi connectivity index (χ0) is 15.2. The first kappa shape index (κ1) is 14.9. The SMILES string of the molecule is NC[C@H]1CCN(Cc2cnc(NCc3ccccc3)nc2)C1. The summed E-state index contributed by atoms with van der Waals surface area (Å²) in [7, 11) is 0. The molecule has 0 saturated carbocycles. The van der Waals surface area contributed by atoms with Crippen LogP contribution < -0.4 is 11.1 Å². The highest BCUT2D eigenvalue weighted by molar-refractivity contribution is 5.27. The van der Waals surface area contributed by atoms with Crippen LogP contribution in [0.5, 0.6) is 0 Å². The number of hydrogen-bond donors (Lipinski definition) is 2. The van der Waals surface area contributed by atoms with Gasteiger partial charge in [0.25, 0.3) is 0 Å². The van der Waals surface area contributed by atoms with Crippen molar-refractivity contribution in [2.75, 3.05) is 25.0 Å². The van der Waals surface area contributed by atoms with Gasteiger partial charge in [-0.05, 0) is 31.0 Å². The summed E-state index contributed by atoms with van der Waals surface area (Å²) in [5.41, 5.74) is 8.11. The van der Waals surface area contributed by atoms with Gasteiger partial charge in [-0.15, -0.1) is 0 Å². The Hall–Kier alpha value is -1.98. The highest BCUT2D eigenvalue weighted by Crippen LogP contribution is 2.17. The quantitative estimate of drug-likeness (QED) is 0.852. The van der Waals surface area contributed by atoms with Crippen LogP contribution >= 0.6 is 0 Å². The van der Waals surface area contributed by atoms with Crippen LogP contribution in [-0.2, 0) is 13.1 Å². The number of anilines is 1. The maximum atomic E-state index is 5.73. The van der Waals surface area contributed by atoms with Crippen LogP contribution in [0.1, 0.15) is 17.5 Å². The molecule has 0 spiro atoms. The van der Waals surface area contributed by atoms with Crippen LogP contribution in [0.3, 0.4) is 0 Å². The van der Waals surface area contributed by atoms with Crippen molar-refractivity contribution in [3.63, 3.8) is 0 Å². The summed E-state index contributed by atoms with van der Waals surface area (Å²) >= 11 is 0. The highest BCUT2D eigenvalue weighted by Gasteiger charge is 2.21. The zero-order valence-corrected chi connectivity index (χ0v) is 12.8. The molecular formula is C17H23N5. The largest absolute Gasteiger partial charge is 0.350 e. The van der Waals surface area contributed by atoms with Crippen LogP contribution in [0.2, 0.25) is 0 Å². The van der Waals surface area contributed by atoms with Crippen molar-refractivity contribution in [2.45, 2.75) is 19.5 Å². The van der Waals surface area contributed by atoms with Gasteiger partial charge in [0.05, 0.1) is 0 Å². The smallest absolute Gasteiger partial charge is 0.222 e. The van der Waals surface area contributed by atoms with E-state index >= 15 is 0 Å². The van der Waals surface area contributed by atoms with Crippen molar-refractivity contribution in [1.29, 1.82) is 0 Å². The summed E-state index contributed by atoms with van der Waals surface area (Å²) in [6.07, 6.45) is 5.03. The fraction of sp³-hybridized carbons (Fsp3) is 0.412. The number of nitrogens with zero attached hydrogens (tertiary/aromatic N) is 3. The minimum absolute atomic E-state index is 0.646. The van der Waals surface area contributed by atoms with Crippen molar-refractivity contribution in [3.05, 3.63) is 53.9 Å². The number of aromatic nitrogens is 2.